The number of carboxylic acids is 2. The fraction of sp³-hybridized carbons (Fsp3) is 0.714. The summed E-state index contributed by atoms with van der Waals surface area (Å²) in [5.41, 5.74) is 16.5. The van der Waals surface area contributed by atoms with E-state index in [2.05, 4.69) is 16.0 Å². The lowest BCUT2D eigenvalue weighted by Crippen LogP contribution is -2.57. The molecule has 35 heavy (non-hydrogen) atoms. The van der Waals surface area contributed by atoms with Crippen molar-refractivity contribution in [3.8, 4) is 0 Å². The molecule has 0 saturated carbocycles. The standard InChI is InChI=1S/C21H38N6O8/c1-11(2)17(24)20(33)26-13(6-8-15(23)28)19(32)25-12(5-3-4-10-22)18(31)27-14(21(34)35)7-9-16(29)30/h11-14,17H,3-10,22,24H2,1-2H3,(H2,23,28)(H,25,32)(H,26,33)(H,27,31)(H,29,30)(H,34,35). The third-order valence-electron chi connectivity index (χ3n) is 5.17. The lowest BCUT2D eigenvalue weighted by molar-refractivity contribution is -0.143. The molecule has 4 atom stereocenters. The predicted octanol–water partition coefficient (Wildman–Crippen LogP) is -2.23. The Labute approximate surface area is 203 Å². The van der Waals surface area contributed by atoms with Gasteiger partial charge in [0.25, 0.3) is 0 Å². The maximum Gasteiger partial charge on any atom is 0.326 e. The number of carbonyl (C=O) groups is 6. The van der Waals surface area contributed by atoms with Gasteiger partial charge in [0.1, 0.15) is 18.1 Å². The van der Waals surface area contributed by atoms with Gasteiger partial charge in [0, 0.05) is 12.8 Å². The number of nitrogens with two attached hydrogens (primary N) is 3. The monoisotopic (exact) mass is 502 g/mol. The summed E-state index contributed by atoms with van der Waals surface area (Å²) in [6.07, 6.45) is -0.184. The summed E-state index contributed by atoms with van der Waals surface area (Å²) in [5, 5.41) is 25.3. The molecule has 0 rings (SSSR count). The second kappa shape index (κ2) is 16.4. The molecule has 4 unspecified atom stereocenters. The van der Waals surface area contributed by atoms with Crippen molar-refractivity contribution in [2.75, 3.05) is 6.54 Å². The van der Waals surface area contributed by atoms with Crippen LogP contribution in [0.3, 0.4) is 0 Å². The highest BCUT2D eigenvalue weighted by molar-refractivity contribution is 5.94. The topological polar surface area (TPSA) is 257 Å². The van der Waals surface area contributed by atoms with Gasteiger partial charge in [0.2, 0.25) is 23.6 Å². The molecule has 0 bridgehead atoms. The molecule has 0 aliphatic carbocycles. The van der Waals surface area contributed by atoms with Gasteiger partial charge in [0.05, 0.1) is 6.04 Å². The van der Waals surface area contributed by atoms with Crippen molar-refractivity contribution in [3.63, 3.8) is 0 Å². The number of carbonyl (C=O) groups excluding carboxylic acids is 4. The van der Waals surface area contributed by atoms with E-state index in [4.69, 9.17) is 22.3 Å². The molecule has 0 radical (unpaired) electrons. The molecule has 0 aromatic heterocycles. The smallest absolute Gasteiger partial charge is 0.326 e. The summed E-state index contributed by atoms with van der Waals surface area (Å²) in [5.74, 6) is -5.86. The Hall–Kier alpha value is -3.26. The Morgan fingerprint density at radius 1 is 0.743 bits per heavy atom. The number of aliphatic carboxylic acids is 2. The van der Waals surface area contributed by atoms with Gasteiger partial charge in [-0.3, -0.25) is 24.0 Å². The van der Waals surface area contributed by atoms with Crippen LogP contribution in [0.1, 0.15) is 58.8 Å². The van der Waals surface area contributed by atoms with Gasteiger partial charge < -0.3 is 43.4 Å². The van der Waals surface area contributed by atoms with Crippen LogP contribution >= 0.6 is 0 Å². The zero-order valence-electron chi connectivity index (χ0n) is 20.1. The number of primary amides is 1. The van der Waals surface area contributed by atoms with Gasteiger partial charge in [-0.1, -0.05) is 13.8 Å². The maximum atomic E-state index is 12.9. The Bertz CT molecular complexity index is 760. The number of rotatable bonds is 18. The van der Waals surface area contributed by atoms with Crippen LogP contribution in [0.15, 0.2) is 0 Å². The van der Waals surface area contributed by atoms with Crippen molar-refractivity contribution >= 4 is 35.6 Å². The molecule has 0 heterocycles. The van der Waals surface area contributed by atoms with Crippen molar-refractivity contribution in [3.05, 3.63) is 0 Å². The van der Waals surface area contributed by atoms with Crippen molar-refractivity contribution in [2.24, 2.45) is 23.1 Å². The minimum absolute atomic E-state index is 0.0992. The van der Waals surface area contributed by atoms with E-state index < -0.39 is 66.2 Å². The first-order valence-electron chi connectivity index (χ1n) is 11.4. The molecule has 11 N–H and O–H groups in total. The van der Waals surface area contributed by atoms with Crippen LogP contribution in [0.25, 0.3) is 0 Å². The Morgan fingerprint density at radius 2 is 1.23 bits per heavy atom. The lowest BCUT2D eigenvalue weighted by atomic mass is 10.0. The van der Waals surface area contributed by atoms with Crippen molar-refractivity contribution in [1.29, 1.82) is 0 Å². The molecule has 0 aromatic rings. The molecule has 14 heteroatoms. The van der Waals surface area contributed by atoms with E-state index in [0.29, 0.717) is 19.4 Å². The van der Waals surface area contributed by atoms with Crippen LogP contribution in [0.5, 0.6) is 0 Å². The first-order chi connectivity index (χ1) is 16.3. The maximum absolute atomic E-state index is 12.9. The third-order valence-corrected chi connectivity index (χ3v) is 5.17. The van der Waals surface area contributed by atoms with Crippen LogP contribution in [0, 0.1) is 5.92 Å². The largest absolute Gasteiger partial charge is 0.481 e. The number of nitrogens with one attached hydrogen (secondary N) is 3. The molecule has 4 amide bonds. The molecule has 14 nitrogen and oxygen atoms in total. The van der Waals surface area contributed by atoms with E-state index in [1.807, 2.05) is 0 Å². The Balaban J connectivity index is 5.59. The fourth-order valence-corrected chi connectivity index (χ4v) is 2.96. The fourth-order valence-electron chi connectivity index (χ4n) is 2.96. The van der Waals surface area contributed by atoms with Crippen molar-refractivity contribution in [1.82, 2.24) is 16.0 Å². The second-order valence-electron chi connectivity index (χ2n) is 8.51. The van der Waals surface area contributed by atoms with Crippen LogP contribution in [0.4, 0.5) is 0 Å². The van der Waals surface area contributed by atoms with Crippen molar-refractivity contribution < 1.29 is 39.0 Å². The average Bonchev–Trinajstić information content (AvgIpc) is 2.77. The molecule has 0 aliphatic rings. The van der Waals surface area contributed by atoms with E-state index in [1.165, 1.54) is 0 Å². The molecule has 200 valence electrons. The minimum Gasteiger partial charge on any atom is -0.481 e. The number of unbranched alkanes of at least 4 members (excludes halogenated alkanes) is 1. The second-order valence-corrected chi connectivity index (χ2v) is 8.51. The summed E-state index contributed by atoms with van der Waals surface area (Å²) in [6, 6.07) is -4.84. The van der Waals surface area contributed by atoms with E-state index in [9.17, 15) is 33.9 Å². The molecule has 0 aromatic carbocycles. The number of hydrogen-bond acceptors (Lipinski definition) is 8. The third kappa shape index (κ3) is 13.3. The summed E-state index contributed by atoms with van der Waals surface area (Å²) in [7, 11) is 0. The van der Waals surface area contributed by atoms with Gasteiger partial charge in [-0.15, -0.1) is 0 Å². The number of carboxylic acid groups (broad SMARTS) is 2. The SMILES string of the molecule is CC(C)C(N)C(=O)NC(CCC(N)=O)C(=O)NC(CCCCN)C(=O)NC(CCC(=O)O)C(=O)O. The van der Waals surface area contributed by atoms with Gasteiger partial charge in [-0.2, -0.15) is 0 Å². The molecule has 0 aliphatic heterocycles. The molecule has 0 spiro atoms. The molecular formula is C21H38N6O8. The van der Waals surface area contributed by atoms with Crippen LogP contribution < -0.4 is 33.2 Å². The summed E-state index contributed by atoms with van der Waals surface area (Å²) < 4.78 is 0. The molecular weight excluding hydrogens is 464 g/mol. The van der Waals surface area contributed by atoms with E-state index in [-0.39, 0.29) is 31.6 Å². The van der Waals surface area contributed by atoms with Crippen LogP contribution in [-0.2, 0) is 28.8 Å². The molecule has 0 saturated heterocycles. The summed E-state index contributed by atoms with van der Waals surface area (Å²) >= 11 is 0. The minimum atomic E-state index is -1.48. The first kappa shape index (κ1) is 31.7. The molecule has 0 fully saturated rings. The summed E-state index contributed by atoms with van der Waals surface area (Å²) in [6.45, 7) is 3.75. The van der Waals surface area contributed by atoms with Crippen molar-refractivity contribution in [2.45, 2.75) is 83.0 Å². The van der Waals surface area contributed by atoms with E-state index in [0.717, 1.165) is 0 Å². The van der Waals surface area contributed by atoms with Gasteiger partial charge in [-0.05, 0) is 44.6 Å². The van der Waals surface area contributed by atoms with Gasteiger partial charge >= 0.3 is 11.9 Å². The predicted molar refractivity (Wildman–Crippen MR) is 124 cm³/mol. The zero-order valence-corrected chi connectivity index (χ0v) is 20.1. The highest BCUT2D eigenvalue weighted by Crippen LogP contribution is 2.07. The van der Waals surface area contributed by atoms with Gasteiger partial charge in [-0.25, -0.2) is 4.79 Å². The van der Waals surface area contributed by atoms with Gasteiger partial charge in [0.15, 0.2) is 0 Å². The quantitative estimate of drug-likeness (QED) is 0.0935. The normalized spacial score (nSPS) is 14.3. The number of hydrogen-bond donors (Lipinski definition) is 8. The van der Waals surface area contributed by atoms with E-state index in [1.54, 1.807) is 13.8 Å². The highest BCUT2D eigenvalue weighted by atomic mass is 16.4. The average molecular weight is 503 g/mol. The summed E-state index contributed by atoms with van der Waals surface area (Å²) in [4.78, 5) is 71.6. The zero-order chi connectivity index (χ0) is 27.1. The van der Waals surface area contributed by atoms with Crippen LogP contribution in [-0.4, -0.2) is 76.5 Å². The number of amides is 4. The highest BCUT2D eigenvalue weighted by Gasteiger charge is 2.30. The first-order valence-corrected chi connectivity index (χ1v) is 11.4. The Morgan fingerprint density at radius 3 is 1.69 bits per heavy atom. The lowest BCUT2D eigenvalue weighted by Gasteiger charge is -2.25. The van der Waals surface area contributed by atoms with Crippen LogP contribution in [0.2, 0.25) is 0 Å². The van der Waals surface area contributed by atoms with E-state index >= 15 is 0 Å². The Kier molecular flexibility index (Phi) is 14.9.